The third-order valence-corrected chi connectivity index (χ3v) is 4.61. The maximum atomic E-state index is 12.5. The van der Waals surface area contributed by atoms with Crippen molar-refractivity contribution in [2.75, 3.05) is 26.1 Å². The van der Waals surface area contributed by atoms with Gasteiger partial charge in [0.05, 0.1) is 26.5 Å². The van der Waals surface area contributed by atoms with E-state index >= 15 is 0 Å². The molecule has 0 aromatic heterocycles. The van der Waals surface area contributed by atoms with Crippen LogP contribution in [0.3, 0.4) is 0 Å². The van der Waals surface area contributed by atoms with E-state index in [0.29, 0.717) is 48.1 Å². The quantitative estimate of drug-likeness (QED) is 0.470. The van der Waals surface area contributed by atoms with E-state index in [4.69, 9.17) is 18.9 Å². The molecular formula is C25H27NO5. The molecule has 3 rings (SSSR count). The number of nitrogens with one attached hydrogen (secondary N) is 1. The number of benzene rings is 3. The molecule has 1 amide bonds. The van der Waals surface area contributed by atoms with E-state index in [9.17, 15) is 4.79 Å². The maximum absolute atomic E-state index is 12.5. The largest absolute Gasteiger partial charge is 0.494 e. The second-order valence-corrected chi connectivity index (χ2v) is 6.74. The van der Waals surface area contributed by atoms with E-state index in [1.807, 2.05) is 73.7 Å². The summed E-state index contributed by atoms with van der Waals surface area (Å²) in [5.74, 6) is 3.23. The van der Waals surface area contributed by atoms with Crippen molar-refractivity contribution in [3.8, 4) is 28.7 Å². The molecule has 0 saturated heterocycles. The Kier molecular flexibility index (Phi) is 7.76. The zero-order chi connectivity index (χ0) is 22.1. The SMILES string of the molecule is CCOc1ccc(Oc2ccccc2NC(=O)CCc2ccc(OC)c(OC)c2)cc1. The summed E-state index contributed by atoms with van der Waals surface area (Å²) < 4.78 is 22.0. The number of carbonyl (C=O) groups is 1. The molecule has 0 atom stereocenters. The number of anilines is 1. The van der Waals surface area contributed by atoms with E-state index in [-0.39, 0.29) is 5.91 Å². The normalized spacial score (nSPS) is 10.3. The van der Waals surface area contributed by atoms with Gasteiger partial charge in [0.15, 0.2) is 17.2 Å². The highest BCUT2D eigenvalue weighted by atomic mass is 16.5. The molecule has 162 valence electrons. The summed E-state index contributed by atoms with van der Waals surface area (Å²) >= 11 is 0. The van der Waals surface area contributed by atoms with Crippen LogP contribution >= 0.6 is 0 Å². The predicted octanol–water partition coefficient (Wildman–Crippen LogP) is 5.47. The Morgan fingerprint density at radius 3 is 2.26 bits per heavy atom. The number of methoxy groups -OCH3 is 2. The van der Waals surface area contributed by atoms with Gasteiger partial charge in [0.25, 0.3) is 0 Å². The Morgan fingerprint density at radius 1 is 0.839 bits per heavy atom. The van der Waals surface area contributed by atoms with Crippen molar-refractivity contribution in [1.29, 1.82) is 0 Å². The molecule has 0 aliphatic heterocycles. The van der Waals surface area contributed by atoms with Gasteiger partial charge in [-0.15, -0.1) is 0 Å². The van der Waals surface area contributed by atoms with Gasteiger partial charge in [-0.1, -0.05) is 18.2 Å². The van der Waals surface area contributed by atoms with Crippen LogP contribution in [0.1, 0.15) is 18.9 Å². The van der Waals surface area contributed by atoms with E-state index in [1.165, 1.54) is 0 Å². The van der Waals surface area contributed by atoms with E-state index in [0.717, 1.165) is 11.3 Å². The van der Waals surface area contributed by atoms with Crippen LogP contribution in [-0.4, -0.2) is 26.7 Å². The van der Waals surface area contributed by atoms with Crippen LogP contribution in [-0.2, 0) is 11.2 Å². The lowest BCUT2D eigenvalue weighted by atomic mass is 10.1. The third kappa shape index (κ3) is 6.15. The fraction of sp³-hybridized carbons (Fsp3) is 0.240. The third-order valence-electron chi connectivity index (χ3n) is 4.61. The first-order chi connectivity index (χ1) is 15.1. The minimum absolute atomic E-state index is 0.0995. The predicted molar refractivity (Wildman–Crippen MR) is 121 cm³/mol. The molecule has 0 saturated carbocycles. The van der Waals surface area contributed by atoms with E-state index in [1.54, 1.807) is 14.2 Å². The number of para-hydroxylation sites is 2. The highest BCUT2D eigenvalue weighted by molar-refractivity contribution is 5.92. The van der Waals surface area contributed by atoms with Gasteiger partial charge in [-0.2, -0.15) is 0 Å². The van der Waals surface area contributed by atoms with E-state index in [2.05, 4.69) is 5.32 Å². The summed E-state index contributed by atoms with van der Waals surface area (Å²) in [5, 5.41) is 2.94. The lowest BCUT2D eigenvalue weighted by Gasteiger charge is -2.13. The molecule has 0 aliphatic carbocycles. The lowest BCUT2D eigenvalue weighted by Crippen LogP contribution is -2.13. The molecule has 0 bridgehead atoms. The summed E-state index contributed by atoms with van der Waals surface area (Å²) in [4.78, 5) is 12.5. The highest BCUT2D eigenvalue weighted by Crippen LogP contribution is 2.31. The number of ether oxygens (including phenoxy) is 4. The Balaban J connectivity index is 1.61. The topological polar surface area (TPSA) is 66.0 Å². The van der Waals surface area contributed by atoms with Crippen molar-refractivity contribution in [2.24, 2.45) is 0 Å². The van der Waals surface area contributed by atoms with Crippen LogP contribution in [0, 0.1) is 0 Å². The molecule has 0 fully saturated rings. The van der Waals surface area contributed by atoms with Crippen molar-refractivity contribution in [1.82, 2.24) is 0 Å². The minimum Gasteiger partial charge on any atom is -0.494 e. The first-order valence-electron chi connectivity index (χ1n) is 10.1. The van der Waals surface area contributed by atoms with Gasteiger partial charge in [-0.3, -0.25) is 4.79 Å². The molecule has 0 unspecified atom stereocenters. The van der Waals surface area contributed by atoms with Gasteiger partial charge in [0.2, 0.25) is 5.91 Å². The Bertz CT molecular complexity index is 1000. The van der Waals surface area contributed by atoms with Gasteiger partial charge in [-0.25, -0.2) is 0 Å². The summed E-state index contributed by atoms with van der Waals surface area (Å²) in [6.45, 7) is 2.55. The molecule has 31 heavy (non-hydrogen) atoms. The first kappa shape index (κ1) is 22.0. The van der Waals surface area contributed by atoms with Gasteiger partial charge >= 0.3 is 0 Å². The van der Waals surface area contributed by atoms with Crippen LogP contribution in [0.15, 0.2) is 66.7 Å². The molecule has 0 spiro atoms. The average Bonchev–Trinajstić information content (AvgIpc) is 2.80. The zero-order valence-corrected chi connectivity index (χ0v) is 18.0. The molecule has 0 aliphatic rings. The number of hydrogen-bond acceptors (Lipinski definition) is 5. The fourth-order valence-corrected chi connectivity index (χ4v) is 3.06. The molecule has 1 N–H and O–H groups in total. The molecule has 3 aromatic rings. The van der Waals surface area contributed by atoms with Crippen molar-refractivity contribution in [2.45, 2.75) is 19.8 Å². The van der Waals surface area contributed by atoms with Crippen molar-refractivity contribution in [3.63, 3.8) is 0 Å². The van der Waals surface area contributed by atoms with Crippen molar-refractivity contribution in [3.05, 3.63) is 72.3 Å². The van der Waals surface area contributed by atoms with Crippen LogP contribution in [0.5, 0.6) is 28.7 Å². The van der Waals surface area contributed by atoms with Gasteiger partial charge in [-0.05, 0) is 67.4 Å². The summed E-state index contributed by atoms with van der Waals surface area (Å²) in [6.07, 6.45) is 0.904. The number of amides is 1. The van der Waals surface area contributed by atoms with Crippen LogP contribution in [0.2, 0.25) is 0 Å². The monoisotopic (exact) mass is 421 g/mol. The highest BCUT2D eigenvalue weighted by Gasteiger charge is 2.10. The molecule has 3 aromatic carbocycles. The van der Waals surface area contributed by atoms with Crippen LogP contribution in [0.25, 0.3) is 0 Å². The molecule has 0 heterocycles. The lowest BCUT2D eigenvalue weighted by molar-refractivity contribution is -0.116. The standard InChI is InChI=1S/C25H27NO5/c1-4-30-19-11-13-20(14-12-19)31-22-8-6-5-7-21(22)26-25(27)16-10-18-9-15-23(28-2)24(17-18)29-3/h5-9,11-15,17H,4,10,16H2,1-3H3,(H,26,27). The van der Waals surface area contributed by atoms with Crippen molar-refractivity contribution < 1.29 is 23.7 Å². The second-order valence-electron chi connectivity index (χ2n) is 6.74. The van der Waals surface area contributed by atoms with Gasteiger partial charge < -0.3 is 24.3 Å². The Morgan fingerprint density at radius 2 is 1.55 bits per heavy atom. The maximum Gasteiger partial charge on any atom is 0.224 e. The van der Waals surface area contributed by atoms with Crippen LogP contribution < -0.4 is 24.3 Å². The van der Waals surface area contributed by atoms with Gasteiger partial charge in [0, 0.05) is 6.42 Å². The minimum atomic E-state index is -0.0995. The Hall–Kier alpha value is -3.67. The van der Waals surface area contributed by atoms with Crippen LogP contribution in [0.4, 0.5) is 5.69 Å². The van der Waals surface area contributed by atoms with E-state index < -0.39 is 0 Å². The molecular weight excluding hydrogens is 394 g/mol. The summed E-state index contributed by atoms with van der Waals surface area (Å²) in [7, 11) is 3.19. The summed E-state index contributed by atoms with van der Waals surface area (Å²) in [6, 6.07) is 20.4. The first-order valence-corrected chi connectivity index (χ1v) is 10.1. The number of carbonyl (C=O) groups excluding carboxylic acids is 1. The summed E-state index contributed by atoms with van der Waals surface area (Å²) in [5.41, 5.74) is 1.61. The second kappa shape index (κ2) is 10.9. The average molecular weight is 421 g/mol. The number of hydrogen-bond donors (Lipinski definition) is 1. The number of rotatable bonds is 10. The molecule has 0 radical (unpaired) electrons. The Labute approximate surface area is 182 Å². The fourth-order valence-electron chi connectivity index (χ4n) is 3.06. The number of aryl methyl sites for hydroxylation is 1. The molecule has 6 heteroatoms. The van der Waals surface area contributed by atoms with Crippen molar-refractivity contribution >= 4 is 11.6 Å². The zero-order valence-electron chi connectivity index (χ0n) is 18.0. The smallest absolute Gasteiger partial charge is 0.224 e. The van der Waals surface area contributed by atoms with Gasteiger partial charge in [0.1, 0.15) is 11.5 Å². The molecule has 6 nitrogen and oxygen atoms in total.